The SMILES string of the molecule is COc1c(C)ccc(C=O)c1C#N. The van der Waals surface area contributed by atoms with Gasteiger partial charge in [0.1, 0.15) is 17.4 Å². The summed E-state index contributed by atoms with van der Waals surface area (Å²) in [5.74, 6) is 0.479. The standard InChI is InChI=1S/C10H9NO2/c1-7-3-4-8(6-12)9(5-11)10(7)13-2/h3-4,6H,1-2H3. The largest absolute Gasteiger partial charge is 0.495 e. The number of hydrogen-bond acceptors (Lipinski definition) is 3. The van der Waals surface area contributed by atoms with Gasteiger partial charge in [-0.15, -0.1) is 0 Å². The Morgan fingerprint density at radius 2 is 2.23 bits per heavy atom. The number of carbonyl (C=O) groups is 1. The smallest absolute Gasteiger partial charge is 0.151 e. The van der Waals surface area contributed by atoms with E-state index >= 15 is 0 Å². The van der Waals surface area contributed by atoms with Crippen LogP contribution in [0.2, 0.25) is 0 Å². The summed E-state index contributed by atoms with van der Waals surface area (Å²) in [6, 6.07) is 5.32. The zero-order chi connectivity index (χ0) is 9.84. The Morgan fingerprint density at radius 3 is 2.69 bits per heavy atom. The first-order valence-corrected chi connectivity index (χ1v) is 3.77. The molecule has 0 fully saturated rings. The van der Waals surface area contributed by atoms with Crippen LogP contribution in [0.5, 0.6) is 5.75 Å². The third-order valence-corrected chi connectivity index (χ3v) is 1.83. The van der Waals surface area contributed by atoms with Crippen LogP contribution in [-0.2, 0) is 0 Å². The average Bonchev–Trinajstić information content (AvgIpc) is 2.17. The fraction of sp³-hybridized carbons (Fsp3) is 0.200. The van der Waals surface area contributed by atoms with Gasteiger partial charge in [0, 0.05) is 5.56 Å². The van der Waals surface area contributed by atoms with Crippen LogP contribution in [0, 0.1) is 18.3 Å². The predicted molar refractivity (Wildman–Crippen MR) is 47.8 cm³/mol. The van der Waals surface area contributed by atoms with Gasteiger partial charge in [-0.2, -0.15) is 5.26 Å². The quantitative estimate of drug-likeness (QED) is 0.642. The lowest BCUT2D eigenvalue weighted by Crippen LogP contribution is -1.95. The molecule has 1 aromatic carbocycles. The molecule has 0 aliphatic carbocycles. The van der Waals surface area contributed by atoms with Crippen LogP contribution in [0.1, 0.15) is 21.5 Å². The summed E-state index contributed by atoms with van der Waals surface area (Å²) < 4.78 is 5.03. The van der Waals surface area contributed by atoms with Crippen molar-refractivity contribution in [2.45, 2.75) is 6.92 Å². The molecule has 0 spiro atoms. The molecule has 13 heavy (non-hydrogen) atoms. The van der Waals surface area contributed by atoms with Gasteiger partial charge in [0.05, 0.1) is 7.11 Å². The lowest BCUT2D eigenvalue weighted by Gasteiger charge is -2.07. The molecule has 0 saturated carbocycles. The molecule has 3 nitrogen and oxygen atoms in total. The molecule has 0 saturated heterocycles. The van der Waals surface area contributed by atoms with Gasteiger partial charge in [-0.05, 0) is 18.6 Å². The Bertz CT molecular complexity index is 377. The summed E-state index contributed by atoms with van der Waals surface area (Å²) in [4.78, 5) is 10.6. The second kappa shape index (κ2) is 3.72. The highest BCUT2D eigenvalue weighted by Crippen LogP contribution is 2.24. The van der Waals surface area contributed by atoms with Gasteiger partial charge < -0.3 is 4.74 Å². The second-order valence-corrected chi connectivity index (χ2v) is 2.61. The van der Waals surface area contributed by atoms with E-state index in [1.807, 2.05) is 13.0 Å². The summed E-state index contributed by atoms with van der Waals surface area (Å²) in [5.41, 5.74) is 1.52. The van der Waals surface area contributed by atoms with E-state index in [0.29, 0.717) is 23.2 Å². The van der Waals surface area contributed by atoms with Crippen LogP contribution in [-0.4, -0.2) is 13.4 Å². The Labute approximate surface area is 76.6 Å². The summed E-state index contributed by atoms with van der Waals surface area (Å²) in [5, 5.41) is 8.80. The van der Waals surface area contributed by atoms with Crippen molar-refractivity contribution in [2.24, 2.45) is 0 Å². The molecular formula is C10H9NO2. The summed E-state index contributed by atoms with van der Waals surface area (Å²) in [7, 11) is 1.48. The Kier molecular flexibility index (Phi) is 2.65. The zero-order valence-electron chi connectivity index (χ0n) is 7.50. The molecule has 1 rings (SSSR count). The maximum Gasteiger partial charge on any atom is 0.151 e. The normalized spacial score (nSPS) is 9.00. The zero-order valence-corrected chi connectivity index (χ0v) is 7.50. The van der Waals surface area contributed by atoms with E-state index in [4.69, 9.17) is 10.00 Å². The van der Waals surface area contributed by atoms with E-state index in [1.54, 1.807) is 12.1 Å². The number of hydrogen-bond donors (Lipinski definition) is 0. The molecule has 0 amide bonds. The Morgan fingerprint density at radius 1 is 1.54 bits per heavy atom. The molecule has 0 aliphatic rings. The molecule has 0 unspecified atom stereocenters. The van der Waals surface area contributed by atoms with Crippen molar-refractivity contribution in [2.75, 3.05) is 7.11 Å². The van der Waals surface area contributed by atoms with Crippen molar-refractivity contribution >= 4 is 6.29 Å². The van der Waals surface area contributed by atoms with E-state index in [1.165, 1.54) is 7.11 Å². The lowest BCUT2D eigenvalue weighted by molar-refractivity contribution is 0.112. The summed E-state index contributed by atoms with van der Waals surface area (Å²) in [6.07, 6.45) is 0.653. The lowest BCUT2D eigenvalue weighted by atomic mass is 10.0. The summed E-state index contributed by atoms with van der Waals surface area (Å²) >= 11 is 0. The molecule has 0 aromatic heterocycles. The number of benzene rings is 1. The number of aryl methyl sites for hydroxylation is 1. The molecule has 0 atom stereocenters. The molecule has 3 heteroatoms. The van der Waals surface area contributed by atoms with Crippen molar-refractivity contribution in [3.63, 3.8) is 0 Å². The van der Waals surface area contributed by atoms with Crippen LogP contribution in [0.4, 0.5) is 0 Å². The van der Waals surface area contributed by atoms with Gasteiger partial charge in [-0.1, -0.05) is 6.07 Å². The van der Waals surface area contributed by atoms with E-state index in [2.05, 4.69) is 0 Å². The van der Waals surface area contributed by atoms with E-state index in [-0.39, 0.29) is 0 Å². The predicted octanol–water partition coefficient (Wildman–Crippen LogP) is 1.69. The Balaban J connectivity index is 3.47. The molecule has 0 heterocycles. The van der Waals surface area contributed by atoms with E-state index in [9.17, 15) is 4.79 Å². The minimum atomic E-state index is 0.303. The van der Waals surface area contributed by atoms with Crippen LogP contribution < -0.4 is 4.74 Å². The maximum absolute atomic E-state index is 10.6. The monoisotopic (exact) mass is 175 g/mol. The fourth-order valence-corrected chi connectivity index (χ4v) is 1.18. The number of nitriles is 1. The maximum atomic E-state index is 10.6. The first kappa shape index (κ1) is 9.27. The van der Waals surface area contributed by atoms with Crippen LogP contribution >= 0.6 is 0 Å². The average molecular weight is 175 g/mol. The van der Waals surface area contributed by atoms with Crippen molar-refractivity contribution < 1.29 is 9.53 Å². The number of carbonyl (C=O) groups excluding carboxylic acids is 1. The molecule has 66 valence electrons. The number of aldehydes is 1. The molecular weight excluding hydrogens is 166 g/mol. The first-order valence-electron chi connectivity index (χ1n) is 3.77. The van der Waals surface area contributed by atoms with Crippen LogP contribution in [0.25, 0.3) is 0 Å². The van der Waals surface area contributed by atoms with Gasteiger partial charge in [-0.3, -0.25) is 4.79 Å². The van der Waals surface area contributed by atoms with Crippen LogP contribution in [0.15, 0.2) is 12.1 Å². The highest BCUT2D eigenvalue weighted by Gasteiger charge is 2.10. The number of methoxy groups -OCH3 is 1. The first-order chi connectivity index (χ1) is 6.24. The van der Waals surface area contributed by atoms with Gasteiger partial charge in [-0.25, -0.2) is 0 Å². The third-order valence-electron chi connectivity index (χ3n) is 1.83. The highest BCUT2D eigenvalue weighted by molar-refractivity contribution is 5.81. The molecule has 1 aromatic rings. The number of nitrogens with zero attached hydrogens (tertiary/aromatic N) is 1. The Hall–Kier alpha value is -1.82. The van der Waals surface area contributed by atoms with Gasteiger partial charge in [0.2, 0.25) is 0 Å². The fourth-order valence-electron chi connectivity index (χ4n) is 1.18. The van der Waals surface area contributed by atoms with Crippen molar-refractivity contribution in [3.8, 4) is 11.8 Å². The molecule has 0 N–H and O–H groups in total. The van der Waals surface area contributed by atoms with Crippen LogP contribution in [0.3, 0.4) is 0 Å². The van der Waals surface area contributed by atoms with Gasteiger partial charge in [0.25, 0.3) is 0 Å². The third kappa shape index (κ3) is 1.52. The topological polar surface area (TPSA) is 50.1 Å². The van der Waals surface area contributed by atoms with E-state index in [0.717, 1.165) is 5.56 Å². The molecule has 0 aliphatic heterocycles. The summed E-state index contributed by atoms with van der Waals surface area (Å²) in [6.45, 7) is 1.83. The van der Waals surface area contributed by atoms with Crippen molar-refractivity contribution in [1.82, 2.24) is 0 Å². The molecule has 0 bridgehead atoms. The second-order valence-electron chi connectivity index (χ2n) is 2.61. The minimum Gasteiger partial charge on any atom is -0.495 e. The van der Waals surface area contributed by atoms with Gasteiger partial charge in [0.15, 0.2) is 6.29 Å². The minimum absolute atomic E-state index is 0.303. The number of rotatable bonds is 2. The molecule has 0 radical (unpaired) electrons. The van der Waals surface area contributed by atoms with Crippen molar-refractivity contribution in [3.05, 3.63) is 28.8 Å². The van der Waals surface area contributed by atoms with Gasteiger partial charge >= 0.3 is 0 Å². The van der Waals surface area contributed by atoms with E-state index < -0.39 is 0 Å². The highest BCUT2D eigenvalue weighted by atomic mass is 16.5. The van der Waals surface area contributed by atoms with Crippen molar-refractivity contribution in [1.29, 1.82) is 5.26 Å². The number of ether oxygens (including phenoxy) is 1.